The van der Waals surface area contributed by atoms with Crippen LogP contribution in [0.3, 0.4) is 0 Å². The van der Waals surface area contributed by atoms with E-state index in [2.05, 4.69) is 0 Å². The van der Waals surface area contributed by atoms with Crippen molar-refractivity contribution in [2.75, 3.05) is 0 Å². The molecule has 1 aliphatic carbocycles. The third-order valence-electron chi connectivity index (χ3n) is 2.27. The van der Waals surface area contributed by atoms with Gasteiger partial charge in [0.05, 0.1) is 0 Å². The van der Waals surface area contributed by atoms with E-state index in [1.807, 2.05) is 6.92 Å². The first kappa shape index (κ1) is 7.29. The van der Waals surface area contributed by atoms with Crippen molar-refractivity contribution in [2.24, 2.45) is 0 Å². The molecule has 1 aromatic heterocycles. The van der Waals surface area contributed by atoms with Crippen molar-refractivity contribution in [1.29, 1.82) is 0 Å². The average Bonchev–Trinajstić information content (AvgIpc) is 2.30. The molecule has 0 unspecified atom stereocenters. The lowest BCUT2D eigenvalue weighted by atomic mass is 9.99. The molecule has 0 aliphatic heterocycles. The van der Waals surface area contributed by atoms with E-state index in [4.69, 9.17) is 0 Å². The van der Waals surface area contributed by atoms with E-state index in [-0.39, 0.29) is 5.82 Å². The van der Waals surface area contributed by atoms with E-state index in [1.165, 1.54) is 17.7 Å². The number of aryl methyl sites for hydroxylation is 2. The molecular weight excluding hydrogens is 159 g/mol. The zero-order chi connectivity index (χ0) is 7.84. The first-order valence-electron chi connectivity index (χ1n) is 4.05. The van der Waals surface area contributed by atoms with E-state index in [1.54, 1.807) is 11.3 Å². The van der Waals surface area contributed by atoms with Crippen molar-refractivity contribution in [3.05, 3.63) is 21.1 Å². The summed E-state index contributed by atoms with van der Waals surface area (Å²) < 4.78 is 13.3. The Labute approximate surface area is 70.1 Å². The van der Waals surface area contributed by atoms with Gasteiger partial charge < -0.3 is 0 Å². The molecule has 2 rings (SSSR count). The molecule has 60 valence electrons. The molecule has 0 saturated carbocycles. The van der Waals surface area contributed by atoms with Crippen LogP contribution in [-0.4, -0.2) is 0 Å². The van der Waals surface area contributed by atoms with Gasteiger partial charge in [0.1, 0.15) is 5.82 Å². The predicted octanol–water partition coefficient (Wildman–Crippen LogP) is 3.07. The summed E-state index contributed by atoms with van der Waals surface area (Å²) >= 11 is 1.64. The van der Waals surface area contributed by atoms with Crippen molar-refractivity contribution < 1.29 is 4.39 Å². The second-order valence-corrected chi connectivity index (χ2v) is 4.39. The summed E-state index contributed by atoms with van der Waals surface area (Å²) in [6, 6.07) is 0. The van der Waals surface area contributed by atoms with Crippen LogP contribution in [0.15, 0.2) is 0 Å². The maximum atomic E-state index is 13.3. The third-order valence-corrected chi connectivity index (χ3v) is 3.45. The summed E-state index contributed by atoms with van der Waals surface area (Å²) in [7, 11) is 0. The Kier molecular flexibility index (Phi) is 1.72. The van der Waals surface area contributed by atoms with E-state index in [9.17, 15) is 4.39 Å². The lowest BCUT2D eigenvalue weighted by Crippen LogP contribution is -1.99. The van der Waals surface area contributed by atoms with Crippen molar-refractivity contribution in [1.82, 2.24) is 0 Å². The minimum atomic E-state index is 0.0738. The number of fused-ring (bicyclic) bond motifs is 1. The van der Waals surface area contributed by atoms with Gasteiger partial charge in [-0.2, -0.15) is 0 Å². The van der Waals surface area contributed by atoms with Crippen molar-refractivity contribution in [3.8, 4) is 0 Å². The Balaban J connectivity index is 2.50. The summed E-state index contributed by atoms with van der Waals surface area (Å²) in [4.78, 5) is 2.17. The molecule has 0 bridgehead atoms. The first-order valence-corrected chi connectivity index (χ1v) is 4.87. The van der Waals surface area contributed by atoms with E-state index in [0.29, 0.717) is 0 Å². The molecule has 11 heavy (non-hydrogen) atoms. The molecule has 0 fully saturated rings. The second-order valence-electron chi connectivity index (χ2n) is 3.08. The van der Waals surface area contributed by atoms with Gasteiger partial charge in [-0.05, 0) is 32.6 Å². The summed E-state index contributed by atoms with van der Waals surface area (Å²) in [5.41, 5.74) is 1.01. The predicted molar refractivity (Wildman–Crippen MR) is 45.7 cm³/mol. The fourth-order valence-electron chi connectivity index (χ4n) is 1.66. The minimum Gasteiger partial charge on any atom is -0.205 e. The largest absolute Gasteiger partial charge is 0.205 e. The van der Waals surface area contributed by atoms with Gasteiger partial charge in [0.2, 0.25) is 0 Å². The smallest absolute Gasteiger partial charge is 0.140 e. The molecule has 0 N–H and O–H groups in total. The number of hydrogen-bond acceptors (Lipinski definition) is 1. The molecular formula is C9H11FS. The lowest BCUT2D eigenvalue weighted by Gasteiger charge is -2.09. The highest BCUT2D eigenvalue weighted by Gasteiger charge is 2.17. The molecule has 1 heterocycles. The van der Waals surface area contributed by atoms with Gasteiger partial charge in [-0.3, -0.25) is 0 Å². The topological polar surface area (TPSA) is 0 Å². The van der Waals surface area contributed by atoms with Gasteiger partial charge in [0.25, 0.3) is 0 Å². The molecule has 1 aromatic rings. The highest BCUT2D eigenvalue weighted by molar-refractivity contribution is 7.12. The standard InChI is InChI=1S/C9H11FS/c1-6-9(10)7-4-2-3-5-8(7)11-6/h2-5H2,1H3. The first-order chi connectivity index (χ1) is 5.29. The quantitative estimate of drug-likeness (QED) is 0.561. The minimum absolute atomic E-state index is 0.0738. The summed E-state index contributed by atoms with van der Waals surface area (Å²) in [5, 5.41) is 0. The maximum absolute atomic E-state index is 13.3. The van der Waals surface area contributed by atoms with Gasteiger partial charge in [-0.25, -0.2) is 4.39 Å². The van der Waals surface area contributed by atoms with Crippen molar-refractivity contribution in [3.63, 3.8) is 0 Å². The second kappa shape index (κ2) is 2.59. The van der Waals surface area contributed by atoms with Crippen LogP contribution >= 0.6 is 11.3 Å². The molecule has 0 aromatic carbocycles. The zero-order valence-corrected chi connectivity index (χ0v) is 7.43. The summed E-state index contributed by atoms with van der Waals surface area (Å²) in [6.07, 6.45) is 4.47. The van der Waals surface area contributed by atoms with E-state index >= 15 is 0 Å². The van der Waals surface area contributed by atoms with Crippen molar-refractivity contribution in [2.45, 2.75) is 32.6 Å². The number of halogens is 1. The van der Waals surface area contributed by atoms with Crippen LogP contribution in [0.1, 0.15) is 28.2 Å². The van der Waals surface area contributed by atoms with Gasteiger partial charge >= 0.3 is 0 Å². The monoisotopic (exact) mass is 170 g/mol. The Bertz CT molecular complexity index is 275. The molecule has 0 amide bonds. The molecule has 0 nitrogen and oxygen atoms in total. The fraction of sp³-hybridized carbons (Fsp3) is 0.556. The zero-order valence-electron chi connectivity index (χ0n) is 6.61. The van der Waals surface area contributed by atoms with E-state index < -0.39 is 0 Å². The number of thiophene rings is 1. The highest BCUT2D eigenvalue weighted by atomic mass is 32.1. The van der Waals surface area contributed by atoms with E-state index in [0.717, 1.165) is 23.3 Å². The van der Waals surface area contributed by atoms with Crippen molar-refractivity contribution >= 4 is 11.3 Å². The van der Waals surface area contributed by atoms with Crippen LogP contribution in [0.5, 0.6) is 0 Å². The Morgan fingerprint density at radius 2 is 2.00 bits per heavy atom. The van der Waals surface area contributed by atoms with Gasteiger partial charge in [-0.15, -0.1) is 11.3 Å². The third kappa shape index (κ3) is 1.09. The number of rotatable bonds is 0. The Morgan fingerprint density at radius 3 is 2.73 bits per heavy atom. The number of hydrogen-bond donors (Lipinski definition) is 0. The van der Waals surface area contributed by atoms with Crippen LogP contribution in [0.25, 0.3) is 0 Å². The van der Waals surface area contributed by atoms with Gasteiger partial charge in [0, 0.05) is 15.3 Å². The fourth-order valence-corrected chi connectivity index (χ4v) is 2.81. The highest BCUT2D eigenvalue weighted by Crippen LogP contribution is 2.32. The van der Waals surface area contributed by atoms with Crippen LogP contribution in [0.2, 0.25) is 0 Å². The lowest BCUT2D eigenvalue weighted by molar-refractivity contribution is 0.585. The normalized spacial score (nSPS) is 16.5. The Morgan fingerprint density at radius 1 is 1.27 bits per heavy atom. The van der Waals surface area contributed by atoms with Crippen LogP contribution in [-0.2, 0) is 12.8 Å². The molecule has 0 radical (unpaired) electrons. The SMILES string of the molecule is Cc1sc2c(c1F)CCCC2. The van der Waals surface area contributed by atoms with Gasteiger partial charge in [-0.1, -0.05) is 0 Å². The summed E-state index contributed by atoms with van der Waals surface area (Å²) in [6.45, 7) is 1.87. The summed E-state index contributed by atoms with van der Waals surface area (Å²) in [5.74, 6) is 0.0738. The molecule has 1 aliphatic rings. The molecule has 0 atom stereocenters. The average molecular weight is 170 g/mol. The van der Waals surface area contributed by atoms with Crippen LogP contribution in [0, 0.1) is 12.7 Å². The Hall–Kier alpha value is -0.370. The molecule has 2 heteroatoms. The maximum Gasteiger partial charge on any atom is 0.140 e. The molecule has 0 saturated heterocycles. The van der Waals surface area contributed by atoms with Gasteiger partial charge in [0.15, 0.2) is 0 Å². The molecule has 0 spiro atoms. The van der Waals surface area contributed by atoms with Crippen LogP contribution < -0.4 is 0 Å². The van der Waals surface area contributed by atoms with Crippen LogP contribution in [0.4, 0.5) is 4.39 Å².